The van der Waals surface area contributed by atoms with Crippen LogP contribution < -0.4 is 5.73 Å². The van der Waals surface area contributed by atoms with Gasteiger partial charge in [0.2, 0.25) is 11.8 Å². The topological polar surface area (TPSA) is 177 Å². The highest BCUT2D eigenvalue weighted by Crippen LogP contribution is 2.43. The number of hydrogen-bond acceptors (Lipinski definition) is 10. The molecule has 2 saturated heterocycles. The zero-order chi connectivity index (χ0) is 18.4. The van der Waals surface area contributed by atoms with E-state index in [4.69, 9.17) is 14.7 Å². The zero-order valence-electron chi connectivity index (χ0n) is 12.6. The Morgan fingerprint density at radius 2 is 2.24 bits per heavy atom. The average molecular weight is 410 g/mol. The van der Waals surface area contributed by atoms with Crippen LogP contribution in [0.2, 0.25) is 0 Å². The summed E-state index contributed by atoms with van der Waals surface area (Å²) in [5.41, 5.74) is 4.48. The fraction of sp³-hybridized carbons (Fsp3) is 0.636. The lowest BCUT2D eigenvalue weighted by Crippen LogP contribution is -2.72. The maximum atomic E-state index is 11.8. The molecular weight excluding hydrogens is 396 g/mol. The summed E-state index contributed by atoms with van der Waals surface area (Å²) in [6, 6.07) is -0.594. The number of carboxylic acid groups (broad SMARTS) is 1. The third-order valence-electron chi connectivity index (χ3n) is 3.87. The fourth-order valence-electron chi connectivity index (χ4n) is 2.52. The van der Waals surface area contributed by atoms with Crippen molar-refractivity contribution in [1.29, 1.82) is 0 Å². The average Bonchev–Trinajstić information content (AvgIpc) is 2.97. The van der Waals surface area contributed by atoms with Crippen molar-refractivity contribution in [2.24, 2.45) is 11.1 Å². The lowest BCUT2D eigenvalue weighted by molar-refractivity contribution is -0.155. The Morgan fingerprint density at radius 3 is 2.88 bits per heavy atom. The number of nitrogens with zero attached hydrogens (tertiary/aromatic N) is 3. The van der Waals surface area contributed by atoms with Crippen molar-refractivity contribution in [2.45, 2.75) is 22.4 Å². The summed E-state index contributed by atoms with van der Waals surface area (Å²) >= 11 is 2.27. The van der Waals surface area contributed by atoms with Crippen molar-refractivity contribution >= 4 is 45.5 Å². The van der Waals surface area contributed by atoms with E-state index >= 15 is 0 Å². The first-order chi connectivity index (χ1) is 11.6. The first kappa shape index (κ1) is 18.4. The Hall–Kier alpha value is -1.35. The molecule has 2 fully saturated rings. The molecule has 0 spiro atoms. The van der Waals surface area contributed by atoms with Gasteiger partial charge in [0.05, 0.1) is 0 Å². The van der Waals surface area contributed by atoms with Gasteiger partial charge in [0.25, 0.3) is 15.3 Å². The monoisotopic (exact) mass is 410 g/mol. The van der Waals surface area contributed by atoms with E-state index in [-0.39, 0.29) is 40.4 Å². The van der Waals surface area contributed by atoms with Crippen molar-refractivity contribution in [3.63, 3.8) is 0 Å². The molecule has 4 N–H and O–H groups in total. The minimum absolute atomic E-state index is 0.0157. The summed E-state index contributed by atoms with van der Waals surface area (Å²) in [7, 11) is -4.30. The summed E-state index contributed by atoms with van der Waals surface area (Å²) in [5, 5.41) is 16.5. The van der Waals surface area contributed by atoms with Crippen molar-refractivity contribution in [2.75, 3.05) is 18.1 Å². The summed E-state index contributed by atoms with van der Waals surface area (Å²) in [6.07, 6.45) is 0. The first-order valence-corrected chi connectivity index (χ1v) is 10.6. The number of carbonyl (C=O) groups is 2. The number of fused-ring (bicyclic) bond motifs is 1. The summed E-state index contributed by atoms with van der Waals surface area (Å²) in [6.45, 7) is 0.0333. The number of rotatable bonds is 6. The van der Waals surface area contributed by atoms with Gasteiger partial charge in [0.15, 0.2) is 5.75 Å². The van der Waals surface area contributed by atoms with Crippen LogP contribution >= 0.6 is 23.5 Å². The predicted molar refractivity (Wildman–Crippen MR) is 86.3 cm³/mol. The minimum atomic E-state index is -4.30. The molecule has 3 heterocycles. The summed E-state index contributed by atoms with van der Waals surface area (Å²) in [5.74, 6) is -2.13. The zero-order valence-corrected chi connectivity index (χ0v) is 15.0. The minimum Gasteiger partial charge on any atom is -0.481 e. The van der Waals surface area contributed by atoms with Crippen LogP contribution in [0.25, 0.3) is 0 Å². The number of amides is 1. The number of thioether (sulfide) groups is 2. The number of carbonyl (C=O) groups excluding carboxylic acids is 1. The number of carboxylic acids is 1. The number of β-lactam (4-membered cyclic amide) rings is 1. The van der Waals surface area contributed by atoms with E-state index in [9.17, 15) is 23.1 Å². The molecule has 3 rings (SSSR count). The largest absolute Gasteiger partial charge is 0.481 e. The summed E-state index contributed by atoms with van der Waals surface area (Å²) in [4.78, 5) is 25.0. The van der Waals surface area contributed by atoms with Gasteiger partial charge in [-0.25, -0.2) is 0 Å². The van der Waals surface area contributed by atoms with E-state index in [1.165, 1.54) is 16.7 Å². The SMILES string of the molecule is NC1C(=O)N2CC(CSc3nnc(CS(=O)(=O)O)o3)(C(=O)O)CS[C@H]12. The second-order valence-corrected chi connectivity index (χ2v) is 9.24. The second-order valence-electron chi connectivity index (χ2n) is 5.76. The maximum absolute atomic E-state index is 11.8. The standard InChI is InChI=1S/C11H14N4O7S3/c12-6-7(16)15-2-11(9(17)18,3-23-8(6)15)4-24-10-14-13-5(22-10)1-25(19,20)21/h6,8H,1-4,12H2,(H,17,18)(H,19,20,21)/t6?,8-,11?/m1/s1. The van der Waals surface area contributed by atoms with Gasteiger partial charge in [0, 0.05) is 18.1 Å². The molecule has 25 heavy (non-hydrogen) atoms. The highest BCUT2D eigenvalue weighted by molar-refractivity contribution is 8.00. The molecule has 1 aromatic rings. The van der Waals surface area contributed by atoms with E-state index in [1.54, 1.807) is 0 Å². The third kappa shape index (κ3) is 3.62. The van der Waals surface area contributed by atoms with Crippen LogP contribution in [0.4, 0.5) is 0 Å². The third-order valence-corrected chi connectivity index (χ3v) is 7.19. The van der Waals surface area contributed by atoms with Crippen molar-refractivity contribution in [1.82, 2.24) is 15.1 Å². The molecule has 0 saturated carbocycles. The highest BCUT2D eigenvalue weighted by Gasteiger charge is 2.55. The Balaban J connectivity index is 1.67. The van der Waals surface area contributed by atoms with Crippen LogP contribution in [0.3, 0.4) is 0 Å². The van der Waals surface area contributed by atoms with E-state index in [1.807, 2.05) is 0 Å². The molecule has 0 aromatic carbocycles. The quantitative estimate of drug-likeness (QED) is 0.292. The molecule has 14 heteroatoms. The molecule has 1 aromatic heterocycles. The van der Waals surface area contributed by atoms with Gasteiger partial charge in [-0.3, -0.25) is 14.1 Å². The van der Waals surface area contributed by atoms with Crippen LogP contribution in [-0.4, -0.2) is 74.5 Å². The Morgan fingerprint density at radius 1 is 1.52 bits per heavy atom. The number of nitrogens with two attached hydrogens (primary N) is 1. The molecule has 0 bridgehead atoms. The molecule has 2 aliphatic heterocycles. The van der Waals surface area contributed by atoms with Crippen molar-refractivity contribution in [3.05, 3.63) is 5.89 Å². The smallest absolute Gasteiger partial charge is 0.313 e. The molecule has 0 radical (unpaired) electrons. The van der Waals surface area contributed by atoms with Crippen LogP contribution in [0, 0.1) is 5.41 Å². The highest BCUT2D eigenvalue weighted by atomic mass is 32.2. The van der Waals surface area contributed by atoms with Gasteiger partial charge < -0.3 is 20.2 Å². The van der Waals surface area contributed by atoms with Gasteiger partial charge in [-0.15, -0.1) is 22.0 Å². The molecule has 2 aliphatic rings. The van der Waals surface area contributed by atoms with Gasteiger partial charge in [-0.05, 0) is 0 Å². The Bertz CT molecular complexity index is 812. The molecule has 11 nitrogen and oxygen atoms in total. The molecule has 0 aliphatic carbocycles. The predicted octanol–water partition coefficient (Wildman–Crippen LogP) is -1.14. The van der Waals surface area contributed by atoms with Gasteiger partial charge >= 0.3 is 5.97 Å². The summed E-state index contributed by atoms with van der Waals surface area (Å²) < 4.78 is 35.4. The van der Waals surface area contributed by atoms with Gasteiger partial charge in [0.1, 0.15) is 16.8 Å². The van der Waals surface area contributed by atoms with E-state index in [0.29, 0.717) is 0 Å². The number of aliphatic carboxylic acids is 1. The number of hydrogen-bond donors (Lipinski definition) is 3. The van der Waals surface area contributed by atoms with E-state index in [2.05, 4.69) is 10.2 Å². The lowest BCUT2D eigenvalue weighted by atomic mass is 9.89. The van der Waals surface area contributed by atoms with E-state index in [0.717, 1.165) is 11.8 Å². The molecule has 3 atom stereocenters. The van der Waals surface area contributed by atoms with E-state index < -0.39 is 33.3 Å². The molecule has 2 unspecified atom stereocenters. The first-order valence-electron chi connectivity index (χ1n) is 6.93. The lowest BCUT2D eigenvalue weighted by Gasteiger charge is -2.52. The number of aromatic nitrogens is 2. The van der Waals surface area contributed by atoms with Gasteiger partial charge in [-0.1, -0.05) is 11.8 Å². The van der Waals surface area contributed by atoms with Crippen LogP contribution in [0.5, 0.6) is 0 Å². The molecular formula is C11H14N4O7S3. The van der Waals surface area contributed by atoms with Crippen LogP contribution in [0.15, 0.2) is 9.64 Å². The molecule has 1 amide bonds. The maximum Gasteiger partial charge on any atom is 0.313 e. The van der Waals surface area contributed by atoms with Crippen LogP contribution in [0.1, 0.15) is 5.89 Å². The van der Waals surface area contributed by atoms with Crippen molar-refractivity contribution < 1.29 is 32.1 Å². The Labute approximate surface area is 150 Å². The second kappa shape index (κ2) is 6.42. The normalized spacial score (nSPS) is 29.2. The van der Waals surface area contributed by atoms with Crippen LogP contribution in [-0.2, 0) is 25.5 Å². The Kier molecular flexibility index (Phi) is 4.74. The fourth-order valence-corrected chi connectivity index (χ4v) is 5.53. The van der Waals surface area contributed by atoms with Gasteiger partial charge in [-0.2, -0.15) is 8.42 Å². The van der Waals surface area contributed by atoms with Crippen molar-refractivity contribution in [3.8, 4) is 0 Å². The molecule has 138 valence electrons.